The Balaban J connectivity index is 2.75. The van der Waals surface area contributed by atoms with Crippen LogP contribution < -0.4 is 0 Å². The Hall–Kier alpha value is -2.41. The number of benzene rings is 1. The van der Waals surface area contributed by atoms with E-state index in [4.69, 9.17) is 14.6 Å². The maximum atomic E-state index is 11.9. The third kappa shape index (κ3) is 5.23. The Bertz CT molecular complexity index is 498. The molecule has 0 amide bonds. The van der Waals surface area contributed by atoms with Crippen molar-refractivity contribution < 1.29 is 33.7 Å². The molecule has 0 radical (unpaired) electrons. The van der Waals surface area contributed by atoms with E-state index in [0.29, 0.717) is 0 Å². The van der Waals surface area contributed by atoms with Crippen LogP contribution in [0, 0.1) is 0 Å². The van der Waals surface area contributed by atoms with E-state index in [-0.39, 0.29) is 37.4 Å². The molecular weight excluding hydrogens is 280 g/mol. The van der Waals surface area contributed by atoms with Gasteiger partial charge in [0, 0.05) is 0 Å². The van der Waals surface area contributed by atoms with E-state index >= 15 is 0 Å². The topological polar surface area (TPSA) is 99.1 Å². The standard InChI is InChI=1S/C14H16O7/c1-10(21-9-16)8-20-14(18)12-5-3-2-4-11(12)13(17)19-7-6-15/h2-5,9-10,15H,6-8H2,1H3. The third-order valence-corrected chi connectivity index (χ3v) is 2.43. The predicted octanol–water partition coefficient (Wildman–Crippen LogP) is 0.554. The van der Waals surface area contributed by atoms with Crippen LogP contribution >= 0.6 is 0 Å². The zero-order valence-electron chi connectivity index (χ0n) is 11.5. The number of aliphatic hydroxyl groups excluding tert-OH is 1. The average molecular weight is 296 g/mol. The van der Waals surface area contributed by atoms with Crippen LogP contribution in [0.5, 0.6) is 0 Å². The molecule has 0 aliphatic heterocycles. The van der Waals surface area contributed by atoms with Gasteiger partial charge in [0.25, 0.3) is 6.47 Å². The lowest BCUT2D eigenvalue weighted by Gasteiger charge is -2.12. The van der Waals surface area contributed by atoms with Gasteiger partial charge < -0.3 is 19.3 Å². The summed E-state index contributed by atoms with van der Waals surface area (Å²) in [7, 11) is 0. The normalized spacial score (nSPS) is 11.3. The number of ether oxygens (including phenoxy) is 3. The number of esters is 2. The third-order valence-electron chi connectivity index (χ3n) is 2.43. The Morgan fingerprint density at radius 1 is 1.19 bits per heavy atom. The molecule has 0 saturated carbocycles. The molecular formula is C14H16O7. The van der Waals surface area contributed by atoms with Gasteiger partial charge in [-0.2, -0.15) is 0 Å². The molecule has 0 aromatic heterocycles. The summed E-state index contributed by atoms with van der Waals surface area (Å²) < 4.78 is 14.3. The smallest absolute Gasteiger partial charge is 0.339 e. The number of aliphatic hydroxyl groups is 1. The molecule has 1 unspecified atom stereocenters. The van der Waals surface area contributed by atoms with Crippen molar-refractivity contribution in [3.05, 3.63) is 35.4 Å². The maximum Gasteiger partial charge on any atom is 0.339 e. The molecule has 1 atom stereocenters. The van der Waals surface area contributed by atoms with Gasteiger partial charge in [0.2, 0.25) is 0 Å². The molecule has 0 fully saturated rings. The molecule has 0 saturated heterocycles. The molecule has 0 heterocycles. The molecule has 0 aliphatic rings. The second-order valence-electron chi connectivity index (χ2n) is 4.05. The van der Waals surface area contributed by atoms with Crippen molar-refractivity contribution in [3.63, 3.8) is 0 Å². The molecule has 0 spiro atoms. The van der Waals surface area contributed by atoms with Crippen LogP contribution in [0.25, 0.3) is 0 Å². The fourth-order valence-electron chi connectivity index (χ4n) is 1.46. The van der Waals surface area contributed by atoms with Crippen molar-refractivity contribution in [2.75, 3.05) is 19.8 Å². The first kappa shape index (κ1) is 16.6. The highest BCUT2D eigenvalue weighted by atomic mass is 16.6. The molecule has 1 aromatic rings. The van der Waals surface area contributed by atoms with Gasteiger partial charge >= 0.3 is 11.9 Å². The lowest BCUT2D eigenvalue weighted by atomic mass is 10.1. The molecule has 1 rings (SSSR count). The fraction of sp³-hybridized carbons (Fsp3) is 0.357. The van der Waals surface area contributed by atoms with Gasteiger partial charge in [-0.1, -0.05) is 12.1 Å². The van der Waals surface area contributed by atoms with E-state index in [1.165, 1.54) is 12.1 Å². The minimum absolute atomic E-state index is 0.0405. The number of rotatable bonds is 8. The van der Waals surface area contributed by atoms with Crippen LogP contribution in [0.4, 0.5) is 0 Å². The van der Waals surface area contributed by atoms with Crippen LogP contribution in [0.15, 0.2) is 24.3 Å². The Morgan fingerprint density at radius 2 is 1.76 bits per heavy atom. The maximum absolute atomic E-state index is 11.9. The zero-order chi connectivity index (χ0) is 15.7. The van der Waals surface area contributed by atoms with E-state index in [1.54, 1.807) is 19.1 Å². The molecule has 7 nitrogen and oxygen atoms in total. The Morgan fingerprint density at radius 3 is 2.29 bits per heavy atom. The summed E-state index contributed by atoms with van der Waals surface area (Å²) in [5.41, 5.74) is 0.0821. The second-order valence-corrected chi connectivity index (χ2v) is 4.05. The molecule has 114 valence electrons. The lowest BCUT2D eigenvalue weighted by Crippen LogP contribution is -2.20. The summed E-state index contributed by atoms with van der Waals surface area (Å²) >= 11 is 0. The van der Waals surface area contributed by atoms with Crippen molar-refractivity contribution >= 4 is 18.4 Å². The number of hydrogen-bond donors (Lipinski definition) is 1. The van der Waals surface area contributed by atoms with Gasteiger partial charge in [0.15, 0.2) is 0 Å². The molecule has 0 aliphatic carbocycles. The Kier molecular flexibility index (Phi) is 6.90. The monoisotopic (exact) mass is 296 g/mol. The van der Waals surface area contributed by atoms with Crippen molar-refractivity contribution in [2.24, 2.45) is 0 Å². The first-order valence-electron chi connectivity index (χ1n) is 6.23. The van der Waals surface area contributed by atoms with E-state index in [9.17, 15) is 14.4 Å². The summed E-state index contributed by atoms with van der Waals surface area (Å²) in [6.45, 7) is 1.23. The molecule has 1 N–H and O–H groups in total. The van der Waals surface area contributed by atoms with Crippen molar-refractivity contribution in [2.45, 2.75) is 13.0 Å². The highest BCUT2D eigenvalue weighted by Crippen LogP contribution is 2.12. The molecule has 21 heavy (non-hydrogen) atoms. The van der Waals surface area contributed by atoms with Crippen molar-refractivity contribution in [1.29, 1.82) is 0 Å². The quantitative estimate of drug-likeness (QED) is 0.425. The lowest BCUT2D eigenvalue weighted by molar-refractivity contribution is -0.134. The number of carbonyl (C=O) groups excluding carboxylic acids is 3. The highest BCUT2D eigenvalue weighted by molar-refractivity contribution is 6.03. The van der Waals surface area contributed by atoms with Crippen LogP contribution in [-0.4, -0.2) is 49.4 Å². The zero-order valence-corrected chi connectivity index (χ0v) is 11.5. The van der Waals surface area contributed by atoms with E-state index in [2.05, 4.69) is 4.74 Å². The summed E-state index contributed by atoms with van der Waals surface area (Å²) in [4.78, 5) is 33.8. The summed E-state index contributed by atoms with van der Waals surface area (Å²) in [6, 6.07) is 5.99. The largest absolute Gasteiger partial charge is 0.461 e. The average Bonchev–Trinajstić information content (AvgIpc) is 2.50. The predicted molar refractivity (Wildman–Crippen MR) is 70.7 cm³/mol. The van der Waals surface area contributed by atoms with Gasteiger partial charge in [-0.3, -0.25) is 4.79 Å². The van der Waals surface area contributed by atoms with E-state index in [0.717, 1.165) is 0 Å². The number of carbonyl (C=O) groups is 3. The molecule has 1 aromatic carbocycles. The summed E-state index contributed by atoms with van der Waals surface area (Å²) in [5, 5.41) is 8.63. The van der Waals surface area contributed by atoms with E-state index < -0.39 is 18.0 Å². The molecule has 7 heteroatoms. The van der Waals surface area contributed by atoms with E-state index in [1.807, 2.05) is 0 Å². The first-order chi connectivity index (χ1) is 10.1. The summed E-state index contributed by atoms with van der Waals surface area (Å²) in [5.74, 6) is -1.46. The van der Waals surface area contributed by atoms with Crippen LogP contribution in [0.3, 0.4) is 0 Å². The minimum atomic E-state index is -0.729. The minimum Gasteiger partial charge on any atom is -0.461 e. The van der Waals surface area contributed by atoms with Crippen LogP contribution in [0.2, 0.25) is 0 Å². The fourth-order valence-corrected chi connectivity index (χ4v) is 1.46. The van der Waals surface area contributed by atoms with Crippen molar-refractivity contribution in [1.82, 2.24) is 0 Å². The van der Waals surface area contributed by atoms with Gasteiger partial charge in [0.05, 0.1) is 17.7 Å². The SMILES string of the molecule is CC(COC(=O)c1ccccc1C(=O)OCCO)OC=O. The van der Waals surface area contributed by atoms with Gasteiger partial charge in [-0.15, -0.1) is 0 Å². The van der Waals surface area contributed by atoms with Crippen LogP contribution in [-0.2, 0) is 19.0 Å². The van der Waals surface area contributed by atoms with Gasteiger partial charge in [-0.05, 0) is 19.1 Å². The Labute approximate surface area is 121 Å². The number of hydrogen-bond acceptors (Lipinski definition) is 7. The molecule has 0 bridgehead atoms. The van der Waals surface area contributed by atoms with Crippen molar-refractivity contribution in [3.8, 4) is 0 Å². The van der Waals surface area contributed by atoms with Gasteiger partial charge in [-0.25, -0.2) is 9.59 Å². The summed E-state index contributed by atoms with van der Waals surface area (Å²) in [6.07, 6.45) is -0.583. The highest BCUT2D eigenvalue weighted by Gasteiger charge is 2.19. The second kappa shape index (κ2) is 8.70. The van der Waals surface area contributed by atoms with Gasteiger partial charge in [0.1, 0.15) is 19.3 Å². The van der Waals surface area contributed by atoms with Crippen LogP contribution in [0.1, 0.15) is 27.6 Å². The first-order valence-corrected chi connectivity index (χ1v) is 6.23.